The number of fused-ring (bicyclic) bond motifs is 1. The molecular weight excluding hydrogens is 396 g/mol. The number of nitrogens with zero attached hydrogens (tertiary/aromatic N) is 3. The molecule has 8 nitrogen and oxygen atoms in total. The number of benzene rings is 1. The fraction of sp³-hybridized carbons (Fsp3) is 0.174. The number of amides is 3. The zero-order valence-electron chi connectivity index (χ0n) is 16.7. The second-order valence-corrected chi connectivity index (χ2v) is 6.95. The van der Waals surface area contributed by atoms with Crippen LogP contribution < -0.4 is 10.1 Å². The molecule has 31 heavy (non-hydrogen) atoms. The van der Waals surface area contributed by atoms with E-state index >= 15 is 0 Å². The van der Waals surface area contributed by atoms with Crippen LogP contribution in [-0.4, -0.2) is 39.1 Å². The molecule has 0 aliphatic carbocycles. The maximum atomic E-state index is 12.4. The molecule has 1 N–H and O–H groups in total. The molecule has 0 fully saturated rings. The van der Waals surface area contributed by atoms with Crippen molar-refractivity contribution in [2.45, 2.75) is 19.4 Å². The summed E-state index contributed by atoms with van der Waals surface area (Å²) >= 11 is 0. The number of imide groups is 1. The maximum Gasteiger partial charge on any atom is 0.261 e. The normalized spacial score (nSPS) is 12.6. The molecule has 0 unspecified atom stereocenters. The molecule has 3 heterocycles. The molecule has 3 aromatic rings. The predicted octanol–water partition coefficient (Wildman–Crippen LogP) is 3.07. The Morgan fingerprint density at radius 1 is 0.935 bits per heavy atom. The monoisotopic (exact) mass is 416 g/mol. The van der Waals surface area contributed by atoms with E-state index in [-0.39, 0.29) is 30.7 Å². The third-order valence-electron chi connectivity index (χ3n) is 4.84. The zero-order valence-corrected chi connectivity index (χ0v) is 16.7. The van der Waals surface area contributed by atoms with E-state index in [4.69, 9.17) is 4.74 Å². The van der Waals surface area contributed by atoms with Crippen molar-refractivity contribution in [3.63, 3.8) is 0 Å². The third kappa shape index (κ3) is 4.58. The number of hydrogen-bond acceptors (Lipinski definition) is 6. The van der Waals surface area contributed by atoms with Gasteiger partial charge in [0.2, 0.25) is 5.91 Å². The minimum absolute atomic E-state index is 0.133. The second-order valence-electron chi connectivity index (χ2n) is 6.95. The molecule has 1 aliphatic heterocycles. The number of aromatic nitrogens is 2. The highest BCUT2D eigenvalue weighted by molar-refractivity contribution is 6.21. The van der Waals surface area contributed by atoms with Crippen LogP contribution in [0.1, 0.15) is 39.1 Å². The number of hydrogen-bond donors (Lipinski definition) is 1. The van der Waals surface area contributed by atoms with Crippen LogP contribution in [0, 0.1) is 0 Å². The Morgan fingerprint density at radius 2 is 1.65 bits per heavy atom. The first-order valence-electron chi connectivity index (χ1n) is 9.85. The molecule has 0 spiro atoms. The highest BCUT2D eigenvalue weighted by Gasteiger charge is 2.34. The van der Waals surface area contributed by atoms with Crippen molar-refractivity contribution in [3.05, 3.63) is 83.8 Å². The Bertz CT molecular complexity index is 1080. The van der Waals surface area contributed by atoms with Crippen LogP contribution in [0.25, 0.3) is 0 Å². The Labute approximate surface area is 178 Å². The summed E-state index contributed by atoms with van der Waals surface area (Å²) < 4.78 is 5.77. The van der Waals surface area contributed by atoms with Gasteiger partial charge in [-0.2, -0.15) is 0 Å². The highest BCUT2D eigenvalue weighted by Crippen LogP contribution is 2.24. The van der Waals surface area contributed by atoms with Gasteiger partial charge in [0.1, 0.15) is 6.61 Å². The van der Waals surface area contributed by atoms with E-state index in [1.807, 2.05) is 12.1 Å². The van der Waals surface area contributed by atoms with E-state index in [1.165, 1.54) is 4.90 Å². The fourth-order valence-electron chi connectivity index (χ4n) is 3.28. The summed E-state index contributed by atoms with van der Waals surface area (Å²) in [5, 5.41) is 2.74. The zero-order chi connectivity index (χ0) is 21.6. The summed E-state index contributed by atoms with van der Waals surface area (Å²) in [7, 11) is 0. The standard InChI is InChI=1S/C23H20N4O4/c28-20(8-4-14-27-22(29)17-5-1-2-6-18(17)23(27)30)26-21-19(7-3-11-25-21)31-15-16-9-12-24-13-10-16/h1-3,5-7,9-13H,4,8,14-15H2,(H,25,26,28). The number of nitrogens with one attached hydrogen (secondary N) is 1. The van der Waals surface area contributed by atoms with Crippen molar-refractivity contribution in [3.8, 4) is 5.75 Å². The summed E-state index contributed by atoms with van der Waals surface area (Å²) in [4.78, 5) is 46.5. The average molecular weight is 416 g/mol. The molecule has 0 bridgehead atoms. The minimum atomic E-state index is -0.322. The summed E-state index contributed by atoms with van der Waals surface area (Å²) in [5.41, 5.74) is 1.75. The van der Waals surface area contributed by atoms with Crippen LogP contribution in [0.2, 0.25) is 0 Å². The maximum absolute atomic E-state index is 12.4. The Morgan fingerprint density at radius 3 is 2.35 bits per heavy atom. The highest BCUT2D eigenvalue weighted by atomic mass is 16.5. The number of ether oxygens (including phenoxy) is 1. The molecule has 1 aliphatic rings. The van der Waals surface area contributed by atoms with Crippen LogP contribution in [0.5, 0.6) is 5.75 Å². The van der Waals surface area contributed by atoms with Crippen molar-refractivity contribution in [2.24, 2.45) is 0 Å². The van der Waals surface area contributed by atoms with Crippen LogP contribution in [0.4, 0.5) is 5.82 Å². The largest absolute Gasteiger partial charge is 0.485 e. The van der Waals surface area contributed by atoms with Crippen molar-refractivity contribution in [1.82, 2.24) is 14.9 Å². The Kier molecular flexibility index (Phi) is 5.98. The van der Waals surface area contributed by atoms with Gasteiger partial charge in [-0.25, -0.2) is 4.98 Å². The van der Waals surface area contributed by atoms with E-state index in [2.05, 4.69) is 15.3 Å². The van der Waals surface area contributed by atoms with E-state index in [0.717, 1.165) is 5.56 Å². The number of rotatable bonds is 8. The summed E-state index contributed by atoms with van der Waals surface area (Å²) in [5.74, 6) is -0.144. The van der Waals surface area contributed by atoms with Gasteiger partial charge in [-0.15, -0.1) is 0 Å². The Hall–Kier alpha value is -4.07. The van der Waals surface area contributed by atoms with Gasteiger partial charge in [-0.05, 0) is 48.4 Å². The number of carbonyl (C=O) groups is 3. The quantitative estimate of drug-likeness (QED) is 0.567. The van der Waals surface area contributed by atoms with E-state index in [9.17, 15) is 14.4 Å². The molecule has 4 rings (SSSR count). The lowest BCUT2D eigenvalue weighted by Gasteiger charge is -2.14. The smallest absolute Gasteiger partial charge is 0.261 e. The average Bonchev–Trinajstić information content (AvgIpc) is 3.04. The van der Waals surface area contributed by atoms with Crippen molar-refractivity contribution in [2.75, 3.05) is 11.9 Å². The van der Waals surface area contributed by atoms with Gasteiger partial charge in [-0.1, -0.05) is 12.1 Å². The van der Waals surface area contributed by atoms with Crippen molar-refractivity contribution < 1.29 is 19.1 Å². The van der Waals surface area contributed by atoms with Gasteiger partial charge >= 0.3 is 0 Å². The molecular formula is C23H20N4O4. The SMILES string of the molecule is O=C(CCCN1C(=O)c2ccccc2C1=O)Nc1ncccc1OCc1ccncc1. The molecule has 1 aromatic carbocycles. The van der Waals surface area contributed by atoms with Gasteiger partial charge in [0.15, 0.2) is 11.6 Å². The molecule has 8 heteroatoms. The number of anilines is 1. The first kappa shape index (κ1) is 20.2. The lowest BCUT2D eigenvalue weighted by atomic mass is 10.1. The molecule has 0 radical (unpaired) electrons. The first-order chi connectivity index (χ1) is 15.1. The molecule has 0 saturated heterocycles. The molecule has 2 aromatic heterocycles. The van der Waals surface area contributed by atoms with Crippen LogP contribution >= 0.6 is 0 Å². The fourth-order valence-corrected chi connectivity index (χ4v) is 3.28. The van der Waals surface area contributed by atoms with Crippen LogP contribution in [0.15, 0.2) is 67.1 Å². The van der Waals surface area contributed by atoms with E-state index in [1.54, 1.807) is 55.0 Å². The number of pyridine rings is 2. The Balaban J connectivity index is 1.30. The van der Waals surface area contributed by atoms with Gasteiger partial charge in [0.05, 0.1) is 11.1 Å². The third-order valence-corrected chi connectivity index (χ3v) is 4.84. The molecule has 156 valence electrons. The molecule has 0 saturated carbocycles. The lowest BCUT2D eigenvalue weighted by molar-refractivity contribution is -0.116. The molecule has 0 atom stereocenters. The van der Waals surface area contributed by atoms with Crippen LogP contribution in [-0.2, 0) is 11.4 Å². The van der Waals surface area contributed by atoms with Gasteiger partial charge in [0, 0.05) is 31.6 Å². The summed E-state index contributed by atoms with van der Waals surface area (Å²) in [6.07, 6.45) is 5.40. The van der Waals surface area contributed by atoms with Gasteiger partial charge < -0.3 is 10.1 Å². The minimum Gasteiger partial charge on any atom is -0.485 e. The topological polar surface area (TPSA) is 101 Å². The van der Waals surface area contributed by atoms with Crippen LogP contribution in [0.3, 0.4) is 0 Å². The number of carbonyl (C=O) groups excluding carboxylic acids is 3. The summed E-state index contributed by atoms with van der Waals surface area (Å²) in [6.45, 7) is 0.490. The predicted molar refractivity (Wildman–Crippen MR) is 112 cm³/mol. The van der Waals surface area contributed by atoms with Gasteiger partial charge in [0.25, 0.3) is 11.8 Å². The van der Waals surface area contributed by atoms with Crippen molar-refractivity contribution >= 4 is 23.5 Å². The second kappa shape index (κ2) is 9.17. The van der Waals surface area contributed by atoms with E-state index < -0.39 is 0 Å². The van der Waals surface area contributed by atoms with Gasteiger partial charge in [-0.3, -0.25) is 24.3 Å². The first-order valence-corrected chi connectivity index (χ1v) is 9.85. The lowest BCUT2D eigenvalue weighted by Crippen LogP contribution is -2.31. The van der Waals surface area contributed by atoms with E-state index in [0.29, 0.717) is 35.7 Å². The van der Waals surface area contributed by atoms with Crippen molar-refractivity contribution in [1.29, 1.82) is 0 Å². The summed E-state index contributed by atoms with van der Waals surface area (Å²) in [6, 6.07) is 13.8. The molecule has 3 amide bonds.